The van der Waals surface area contributed by atoms with E-state index in [2.05, 4.69) is 30.8 Å². The van der Waals surface area contributed by atoms with E-state index in [4.69, 9.17) is 19.8 Å². The molecule has 1 saturated carbocycles. The number of aliphatic hydroxyl groups is 1. The molecular formula is C24H36N10O2. The number of hydrogen-bond donors (Lipinski definition) is 4. The van der Waals surface area contributed by atoms with Gasteiger partial charge in [-0.05, 0) is 38.7 Å². The first-order valence-corrected chi connectivity index (χ1v) is 13.0. The minimum absolute atomic E-state index is 0.175. The van der Waals surface area contributed by atoms with E-state index in [1.165, 1.54) is 6.33 Å². The Labute approximate surface area is 210 Å². The first-order valence-electron chi connectivity index (χ1n) is 13.0. The number of aliphatic hydroxyl groups excluding tert-OH is 1. The van der Waals surface area contributed by atoms with E-state index in [1.807, 2.05) is 17.7 Å². The van der Waals surface area contributed by atoms with Gasteiger partial charge in [0.2, 0.25) is 5.95 Å². The summed E-state index contributed by atoms with van der Waals surface area (Å²) in [7, 11) is 0. The Hall–Kier alpha value is -2.93. The maximum Gasteiger partial charge on any atom is 0.228 e. The molecule has 3 aromatic rings. The van der Waals surface area contributed by atoms with Crippen molar-refractivity contribution in [2.24, 2.45) is 0 Å². The van der Waals surface area contributed by atoms with Crippen molar-refractivity contribution in [3.05, 3.63) is 24.3 Å². The lowest BCUT2D eigenvalue weighted by molar-refractivity contribution is 0.116. The average molecular weight is 497 g/mol. The van der Waals surface area contributed by atoms with Crippen molar-refractivity contribution in [3.8, 4) is 0 Å². The van der Waals surface area contributed by atoms with Gasteiger partial charge < -0.3 is 30.7 Å². The first-order chi connectivity index (χ1) is 17.7. The normalized spacial score (nSPS) is 20.7. The van der Waals surface area contributed by atoms with Crippen LogP contribution in [0.5, 0.6) is 0 Å². The third-order valence-corrected chi connectivity index (χ3v) is 6.78. The van der Waals surface area contributed by atoms with Crippen LogP contribution < -0.4 is 20.9 Å². The zero-order chi connectivity index (χ0) is 24.7. The van der Waals surface area contributed by atoms with Crippen molar-refractivity contribution in [3.63, 3.8) is 0 Å². The number of anilines is 3. The van der Waals surface area contributed by atoms with Crippen LogP contribution in [0.3, 0.4) is 0 Å². The van der Waals surface area contributed by atoms with Crippen LogP contribution in [0.25, 0.3) is 11.0 Å². The Morgan fingerprint density at radius 2 is 2.00 bits per heavy atom. The van der Waals surface area contributed by atoms with E-state index in [-0.39, 0.29) is 6.10 Å². The smallest absolute Gasteiger partial charge is 0.228 e. The Balaban J connectivity index is 1.52. The van der Waals surface area contributed by atoms with Crippen LogP contribution in [0.4, 0.5) is 17.6 Å². The number of rotatable bonds is 10. The summed E-state index contributed by atoms with van der Waals surface area (Å²) in [6.07, 6.45) is 6.64. The highest BCUT2D eigenvalue weighted by Crippen LogP contribution is 2.29. The molecule has 4 heterocycles. The second-order valence-electron chi connectivity index (χ2n) is 9.28. The van der Waals surface area contributed by atoms with Crippen LogP contribution in [-0.2, 0) is 17.8 Å². The van der Waals surface area contributed by atoms with E-state index in [0.29, 0.717) is 49.9 Å². The van der Waals surface area contributed by atoms with Gasteiger partial charge in [0.25, 0.3) is 0 Å². The van der Waals surface area contributed by atoms with Crippen molar-refractivity contribution in [2.75, 3.05) is 49.6 Å². The maximum atomic E-state index is 9.87. The summed E-state index contributed by atoms with van der Waals surface area (Å²) in [5.74, 6) is 2.02. The van der Waals surface area contributed by atoms with Crippen molar-refractivity contribution < 1.29 is 9.84 Å². The molecule has 0 unspecified atom stereocenters. The summed E-state index contributed by atoms with van der Waals surface area (Å²) in [4.78, 5) is 20.6. The van der Waals surface area contributed by atoms with Crippen LogP contribution >= 0.6 is 0 Å². The van der Waals surface area contributed by atoms with E-state index in [1.54, 1.807) is 6.20 Å². The second kappa shape index (κ2) is 11.9. The second-order valence-corrected chi connectivity index (χ2v) is 9.28. The molecule has 2 fully saturated rings. The van der Waals surface area contributed by atoms with Crippen molar-refractivity contribution >= 4 is 28.6 Å². The molecule has 1 saturated heterocycles. The molecule has 0 amide bonds. The number of hydrogen-bond acceptors (Lipinski definition) is 11. The summed E-state index contributed by atoms with van der Waals surface area (Å²) in [5, 5.41) is 25.3. The third kappa shape index (κ3) is 5.89. The molecular weight excluding hydrogens is 460 g/mol. The van der Waals surface area contributed by atoms with Crippen molar-refractivity contribution in [1.29, 1.82) is 0 Å². The van der Waals surface area contributed by atoms with Gasteiger partial charge in [0.05, 0.1) is 19.3 Å². The Morgan fingerprint density at radius 1 is 1.17 bits per heavy atom. The van der Waals surface area contributed by atoms with E-state index in [9.17, 15) is 5.11 Å². The predicted octanol–water partition coefficient (Wildman–Crippen LogP) is 1.20. The van der Waals surface area contributed by atoms with Gasteiger partial charge in [-0.2, -0.15) is 10.1 Å². The molecule has 4 N–H and O–H groups in total. The van der Waals surface area contributed by atoms with E-state index >= 15 is 0 Å². The highest BCUT2D eigenvalue weighted by Gasteiger charge is 2.24. The molecule has 1 aliphatic heterocycles. The fourth-order valence-corrected chi connectivity index (χ4v) is 4.81. The predicted molar refractivity (Wildman–Crippen MR) is 137 cm³/mol. The molecule has 3 aromatic heterocycles. The van der Waals surface area contributed by atoms with Gasteiger partial charge >= 0.3 is 0 Å². The standard InChI is InChI=1S/C24H36N10O2/c1-2-36-14-13-34-22-21(19(32-34)15-27-17-3-5-18(35)6-4-17)30-24(33-11-9-25-10-12-33)31-23(22)29-20-7-8-26-16-28-20/h7-8,16-18,25,27,35H,2-6,9-15H2,1H3,(H,26,28,29,30,31). The summed E-state index contributed by atoms with van der Waals surface area (Å²) in [6.45, 7) is 7.85. The Morgan fingerprint density at radius 3 is 2.75 bits per heavy atom. The fourth-order valence-electron chi connectivity index (χ4n) is 4.81. The van der Waals surface area contributed by atoms with Gasteiger partial charge in [0, 0.05) is 51.6 Å². The fraction of sp³-hybridized carbons (Fsp3) is 0.625. The average Bonchev–Trinajstić information content (AvgIpc) is 3.27. The van der Waals surface area contributed by atoms with Gasteiger partial charge in [-0.25, -0.2) is 15.0 Å². The molecule has 0 atom stereocenters. The van der Waals surface area contributed by atoms with Crippen molar-refractivity contribution in [1.82, 2.24) is 40.3 Å². The SMILES string of the molecule is CCOCCn1nc(CNC2CCC(O)CC2)c2nc(N3CCNCC3)nc(Nc3ccncn3)c21. The number of ether oxygens (including phenoxy) is 1. The third-order valence-electron chi connectivity index (χ3n) is 6.78. The van der Waals surface area contributed by atoms with Gasteiger partial charge in [-0.15, -0.1) is 0 Å². The molecule has 0 spiro atoms. The quantitative estimate of drug-likeness (QED) is 0.301. The van der Waals surface area contributed by atoms with Gasteiger partial charge in [-0.1, -0.05) is 0 Å². The molecule has 12 heteroatoms. The monoisotopic (exact) mass is 496 g/mol. The minimum atomic E-state index is -0.175. The maximum absolute atomic E-state index is 9.87. The number of nitrogens with zero attached hydrogens (tertiary/aromatic N) is 7. The highest BCUT2D eigenvalue weighted by molar-refractivity contribution is 5.90. The van der Waals surface area contributed by atoms with Crippen LogP contribution in [-0.4, -0.2) is 86.4 Å². The Bertz CT molecular complexity index is 1110. The largest absolute Gasteiger partial charge is 0.393 e. The van der Waals surface area contributed by atoms with Gasteiger partial charge in [0.15, 0.2) is 5.82 Å². The minimum Gasteiger partial charge on any atom is -0.393 e. The molecule has 0 radical (unpaired) electrons. The zero-order valence-corrected chi connectivity index (χ0v) is 20.9. The van der Waals surface area contributed by atoms with Gasteiger partial charge in [0.1, 0.15) is 28.9 Å². The van der Waals surface area contributed by atoms with Crippen LogP contribution in [0, 0.1) is 0 Å². The van der Waals surface area contributed by atoms with Crippen LogP contribution in [0.2, 0.25) is 0 Å². The van der Waals surface area contributed by atoms with Crippen LogP contribution in [0.15, 0.2) is 18.6 Å². The molecule has 194 valence electrons. The zero-order valence-electron chi connectivity index (χ0n) is 20.9. The first kappa shape index (κ1) is 24.8. The van der Waals surface area contributed by atoms with Gasteiger partial charge in [-0.3, -0.25) is 4.68 Å². The van der Waals surface area contributed by atoms with Crippen LogP contribution in [0.1, 0.15) is 38.3 Å². The number of nitrogens with one attached hydrogen (secondary N) is 3. The topological polar surface area (TPSA) is 138 Å². The number of piperazine rings is 1. The van der Waals surface area contributed by atoms with E-state index in [0.717, 1.165) is 68.6 Å². The number of fused-ring (bicyclic) bond motifs is 1. The molecule has 12 nitrogen and oxygen atoms in total. The molecule has 0 aromatic carbocycles. The Kier molecular flexibility index (Phi) is 8.16. The molecule has 1 aliphatic carbocycles. The molecule has 0 bridgehead atoms. The summed E-state index contributed by atoms with van der Waals surface area (Å²) in [6, 6.07) is 2.18. The molecule has 5 rings (SSSR count). The van der Waals surface area contributed by atoms with E-state index < -0.39 is 0 Å². The van der Waals surface area contributed by atoms with Crippen molar-refractivity contribution in [2.45, 2.75) is 57.8 Å². The molecule has 36 heavy (non-hydrogen) atoms. The summed E-state index contributed by atoms with van der Waals surface area (Å²) < 4.78 is 7.58. The lowest BCUT2D eigenvalue weighted by atomic mass is 9.93. The summed E-state index contributed by atoms with van der Waals surface area (Å²) in [5.41, 5.74) is 2.55. The lowest BCUT2D eigenvalue weighted by Crippen LogP contribution is -2.44. The summed E-state index contributed by atoms with van der Waals surface area (Å²) >= 11 is 0. The lowest BCUT2D eigenvalue weighted by Gasteiger charge is -2.28. The molecule has 2 aliphatic rings. The highest BCUT2D eigenvalue weighted by atomic mass is 16.5. The number of aromatic nitrogens is 6.